The molecule has 4 rings (SSSR count). The van der Waals surface area contributed by atoms with Crippen molar-refractivity contribution in [3.8, 4) is 6.07 Å². The van der Waals surface area contributed by atoms with Crippen LogP contribution < -0.4 is 5.32 Å². The number of aryl methyl sites for hydroxylation is 1. The first kappa shape index (κ1) is 24.3. The summed E-state index contributed by atoms with van der Waals surface area (Å²) >= 11 is 0. The topological polar surface area (TPSA) is 116 Å². The standard InChI is InChI=1S/C25H23FN4O4S/c1-17-24(23(34-29-17)10-9-19-6-2-3-8-22(19)26)35(32,33)30-13-11-20(12-14-30)25(31)28-21-7-4-5-18(15-21)16-27/h2-10,15,20H,11-14H2,1H3,(H,28,31)/b10-9+. The van der Waals surface area contributed by atoms with Gasteiger partial charge in [-0.15, -0.1) is 0 Å². The number of hydrogen-bond acceptors (Lipinski definition) is 6. The van der Waals surface area contributed by atoms with E-state index < -0.39 is 15.8 Å². The molecule has 8 nitrogen and oxygen atoms in total. The molecule has 0 aliphatic carbocycles. The van der Waals surface area contributed by atoms with Gasteiger partial charge in [-0.25, -0.2) is 12.8 Å². The monoisotopic (exact) mass is 494 g/mol. The number of carbonyl (C=O) groups is 1. The fourth-order valence-corrected chi connectivity index (χ4v) is 5.69. The van der Waals surface area contributed by atoms with Crippen LogP contribution in [0.5, 0.6) is 0 Å². The molecule has 3 aromatic rings. The molecule has 0 radical (unpaired) electrons. The minimum absolute atomic E-state index is 0.0167. The maximum atomic E-state index is 13.9. The Bertz CT molecular complexity index is 1420. The van der Waals surface area contributed by atoms with Gasteiger partial charge in [-0.05, 0) is 56.2 Å². The zero-order valence-corrected chi connectivity index (χ0v) is 19.8. The maximum absolute atomic E-state index is 13.9. The first-order valence-corrected chi connectivity index (χ1v) is 12.4. The molecule has 1 aromatic heterocycles. The molecule has 0 atom stereocenters. The van der Waals surface area contributed by atoms with Crippen LogP contribution in [0.15, 0.2) is 57.9 Å². The highest BCUT2D eigenvalue weighted by molar-refractivity contribution is 7.89. The molecule has 1 N–H and O–H groups in total. The Morgan fingerprint density at radius 1 is 1.20 bits per heavy atom. The number of rotatable bonds is 6. The Kier molecular flexibility index (Phi) is 7.10. The summed E-state index contributed by atoms with van der Waals surface area (Å²) in [6.07, 6.45) is 3.51. The smallest absolute Gasteiger partial charge is 0.248 e. The predicted molar refractivity (Wildman–Crippen MR) is 128 cm³/mol. The number of sulfonamides is 1. The van der Waals surface area contributed by atoms with Crippen LogP contribution in [0.3, 0.4) is 0 Å². The SMILES string of the molecule is Cc1noc(/C=C/c2ccccc2F)c1S(=O)(=O)N1CCC(C(=O)Nc2cccc(C#N)c2)CC1. The largest absolute Gasteiger partial charge is 0.355 e. The number of anilines is 1. The van der Waals surface area contributed by atoms with Gasteiger partial charge in [-0.3, -0.25) is 4.79 Å². The van der Waals surface area contributed by atoms with Gasteiger partial charge < -0.3 is 9.84 Å². The highest BCUT2D eigenvalue weighted by Crippen LogP contribution is 2.30. The van der Waals surface area contributed by atoms with Gasteiger partial charge in [-0.1, -0.05) is 29.4 Å². The van der Waals surface area contributed by atoms with Crippen molar-refractivity contribution >= 4 is 33.8 Å². The Morgan fingerprint density at radius 2 is 1.94 bits per heavy atom. The van der Waals surface area contributed by atoms with Gasteiger partial charge in [0.25, 0.3) is 0 Å². The van der Waals surface area contributed by atoms with E-state index in [1.165, 1.54) is 29.4 Å². The van der Waals surface area contributed by atoms with Crippen molar-refractivity contribution in [2.45, 2.75) is 24.7 Å². The van der Waals surface area contributed by atoms with Crippen molar-refractivity contribution in [3.63, 3.8) is 0 Å². The number of nitrogens with zero attached hydrogens (tertiary/aromatic N) is 3. The predicted octanol–water partition coefficient (Wildman–Crippen LogP) is 4.20. The zero-order valence-electron chi connectivity index (χ0n) is 18.9. The average molecular weight is 495 g/mol. The molecule has 0 spiro atoms. The minimum atomic E-state index is -3.95. The number of benzene rings is 2. The molecule has 0 saturated carbocycles. The van der Waals surface area contributed by atoms with Crippen molar-refractivity contribution in [2.24, 2.45) is 5.92 Å². The van der Waals surface area contributed by atoms with E-state index in [0.717, 1.165) is 0 Å². The van der Waals surface area contributed by atoms with E-state index in [9.17, 15) is 17.6 Å². The summed E-state index contributed by atoms with van der Waals surface area (Å²) < 4.78 is 47.3. The van der Waals surface area contributed by atoms with E-state index in [2.05, 4.69) is 10.5 Å². The van der Waals surface area contributed by atoms with E-state index in [4.69, 9.17) is 9.78 Å². The van der Waals surface area contributed by atoms with Gasteiger partial charge in [0.15, 0.2) is 10.7 Å². The maximum Gasteiger partial charge on any atom is 0.248 e. The van der Waals surface area contributed by atoms with Gasteiger partial charge >= 0.3 is 0 Å². The lowest BCUT2D eigenvalue weighted by atomic mass is 9.97. The van der Waals surface area contributed by atoms with Gasteiger partial charge in [0.1, 0.15) is 11.5 Å². The van der Waals surface area contributed by atoms with Crippen molar-refractivity contribution in [2.75, 3.05) is 18.4 Å². The lowest BCUT2D eigenvalue weighted by Crippen LogP contribution is -2.41. The molecule has 1 aliphatic rings. The van der Waals surface area contributed by atoms with E-state index in [-0.39, 0.29) is 46.8 Å². The summed E-state index contributed by atoms with van der Waals surface area (Å²) in [6.45, 7) is 1.84. The Balaban J connectivity index is 1.45. The molecule has 2 heterocycles. The molecule has 180 valence electrons. The van der Waals surface area contributed by atoms with Gasteiger partial charge in [0, 0.05) is 30.3 Å². The number of amides is 1. The fourth-order valence-electron chi connectivity index (χ4n) is 3.97. The van der Waals surface area contributed by atoms with Crippen LogP contribution in [-0.4, -0.2) is 36.9 Å². The quantitative estimate of drug-likeness (QED) is 0.549. The normalized spacial score (nSPS) is 15.2. The fraction of sp³-hybridized carbons (Fsp3) is 0.240. The second-order valence-electron chi connectivity index (χ2n) is 8.18. The molecular formula is C25H23FN4O4S. The molecule has 0 unspecified atom stereocenters. The second-order valence-corrected chi connectivity index (χ2v) is 10.1. The van der Waals surface area contributed by atoms with Gasteiger partial charge in [-0.2, -0.15) is 9.57 Å². The third kappa shape index (κ3) is 5.31. The van der Waals surface area contributed by atoms with Crippen LogP contribution in [0.4, 0.5) is 10.1 Å². The Morgan fingerprint density at radius 3 is 2.66 bits per heavy atom. The molecule has 2 aromatic carbocycles. The van der Waals surface area contributed by atoms with Crippen LogP contribution in [0, 0.1) is 30.0 Å². The summed E-state index contributed by atoms with van der Waals surface area (Å²) in [6, 6.07) is 14.7. The molecule has 1 amide bonds. The average Bonchev–Trinajstić information content (AvgIpc) is 3.24. The second kappa shape index (κ2) is 10.2. The van der Waals surface area contributed by atoms with Crippen molar-refractivity contribution in [1.29, 1.82) is 5.26 Å². The molecule has 0 bridgehead atoms. The number of halogens is 1. The van der Waals surface area contributed by atoms with Crippen molar-refractivity contribution in [3.05, 3.63) is 76.9 Å². The van der Waals surface area contributed by atoms with E-state index in [1.807, 2.05) is 6.07 Å². The number of carbonyl (C=O) groups excluding carboxylic acids is 1. The molecule has 1 saturated heterocycles. The van der Waals surface area contributed by atoms with Crippen molar-refractivity contribution < 1.29 is 22.1 Å². The van der Waals surface area contributed by atoms with Crippen LogP contribution in [-0.2, 0) is 14.8 Å². The van der Waals surface area contributed by atoms with Crippen LogP contribution in [0.1, 0.15) is 35.4 Å². The lowest BCUT2D eigenvalue weighted by Gasteiger charge is -2.30. The molecule has 10 heteroatoms. The van der Waals surface area contributed by atoms with Gasteiger partial charge in [0.05, 0.1) is 11.6 Å². The molecule has 1 fully saturated rings. The van der Waals surface area contributed by atoms with E-state index in [0.29, 0.717) is 24.1 Å². The number of aromatic nitrogens is 1. The minimum Gasteiger partial charge on any atom is -0.355 e. The summed E-state index contributed by atoms with van der Waals surface area (Å²) in [4.78, 5) is 12.6. The molecular weight excluding hydrogens is 471 g/mol. The number of hydrogen-bond donors (Lipinski definition) is 1. The molecule has 1 aliphatic heterocycles. The highest BCUT2D eigenvalue weighted by Gasteiger charge is 2.36. The number of piperidine rings is 1. The first-order valence-electron chi connectivity index (χ1n) is 11.0. The van der Waals surface area contributed by atoms with Gasteiger partial charge in [0.2, 0.25) is 15.9 Å². The Hall–Kier alpha value is -3.81. The van der Waals surface area contributed by atoms with E-state index in [1.54, 1.807) is 42.5 Å². The highest BCUT2D eigenvalue weighted by atomic mass is 32.2. The zero-order chi connectivity index (χ0) is 25.0. The third-order valence-electron chi connectivity index (χ3n) is 5.83. The third-order valence-corrected chi connectivity index (χ3v) is 7.89. The molecule has 35 heavy (non-hydrogen) atoms. The summed E-state index contributed by atoms with van der Waals surface area (Å²) in [5.74, 6) is -1.00. The number of nitriles is 1. The van der Waals surface area contributed by atoms with E-state index >= 15 is 0 Å². The Labute approximate surface area is 202 Å². The first-order chi connectivity index (χ1) is 16.8. The summed E-state index contributed by atoms with van der Waals surface area (Å²) in [5, 5.41) is 15.6. The summed E-state index contributed by atoms with van der Waals surface area (Å²) in [5.41, 5.74) is 1.45. The van der Waals surface area contributed by atoms with Crippen LogP contribution >= 0.6 is 0 Å². The summed E-state index contributed by atoms with van der Waals surface area (Å²) in [7, 11) is -3.95. The lowest BCUT2D eigenvalue weighted by molar-refractivity contribution is -0.120. The number of nitrogens with one attached hydrogen (secondary N) is 1. The van der Waals surface area contributed by atoms with Crippen LogP contribution in [0.2, 0.25) is 0 Å². The van der Waals surface area contributed by atoms with Crippen molar-refractivity contribution in [1.82, 2.24) is 9.46 Å². The van der Waals surface area contributed by atoms with Crippen LogP contribution in [0.25, 0.3) is 12.2 Å².